The quantitative estimate of drug-likeness (QED) is 0.771. The van der Waals surface area contributed by atoms with Gasteiger partial charge in [-0.25, -0.2) is 4.98 Å². The van der Waals surface area contributed by atoms with E-state index < -0.39 is 0 Å². The molecule has 2 aromatic rings. The van der Waals surface area contributed by atoms with E-state index in [1.165, 1.54) is 31.5 Å². The van der Waals surface area contributed by atoms with Gasteiger partial charge in [0.1, 0.15) is 11.6 Å². The Kier molecular flexibility index (Phi) is 2.31. The molecule has 1 saturated carbocycles. The predicted molar refractivity (Wildman–Crippen MR) is 63.0 cm³/mol. The molecule has 1 fully saturated rings. The number of hydrogen-bond donors (Lipinski definition) is 0. The third-order valence-corrected chi connectivity index (χ3v) is 3.48. The van der Waals surface area contributed by atoms with E-state index in [-0.39, 0.29) is 0 Å². The van der Waals surface area contributed by atoms with Gasteiger partial charge in [0, 0.05) is 5.92 Å². The molecule has 0 amide bonds. The number of imidazole rings is 1. The maximum atomic E-state index is 5.26. The number of methoxy groups -OCH3 is 1. The van der Waals surface area contributed by atoms with Crippen LogP contribution in [-0.4, -0.2) is 16.5 Å². The molecule has 0 radical (unpaired) electrons. The molecular formula is C13H16N2O. The molecule has 2 aromatic heterocycles. The number of ether oxygens (including phenoxy) is 1. The van der Waals surface area contributed by atoms with Crippen LogP contribution in [0, 0.1) is 0 Å². The molecule has 0 aromatic carbocycles. The normalized spacial score (nSPS) is 17.1. The molecular weight excluding hydrogens is 200 g/mol. The van der Waals surface area contributed by atoms with Gasteiger partial charge in [-0.1, -0.05) is 12.8 Å². The van der Waals surface area contributed by atoms with Gasteiger partial charge in [-0.15, -0.1) is 0 Å². The second-order valence-corrected chi connectivity index (χ2v) is 4.46. The second-order valence-electron chi connectivity index (χ2n) is 4.46. The molecule has 0 spiro atoms. The maximum Gasteiger partial charge on any atom is 0.135 e. The van der Waals surface area contributed by atoms with Crippen molar-refractivity contribution in [2.45, 2.75) is 31.6 Å². The minimum Gasteiger partial charge on any atom is -0.495 e. The lowest BCUT2D eigenvalue weighted by Crippen LogP contribution is -2.00. The van der Waals surface area contributed by atoms with Crippen LogP contribution >= 0.6 is 0 Å². The fourth-order valence-corrected chi connectivity index (χ4v) is 2.60. The predicted octanol–water partition coefficient (Wildman–Crippen LogP) is 3.00. The lowest BCUT2D eigenvalue weighted by Gasteiger charge is -2.08. The molecule has 1 aliphatic rings. The van der Waals surface area contributed by atoms with Crippen molar-refractivity contribution in [1.82, 2.24) is 9.38 Å². The Morgan fingerprint density at radius 1 is 1.31 bits per heavy atom. The summed E-state index contributed by atoms with van der Waals surface area (Å²) in [6, 6.07) is 4.04. The molecule has 0 atom stereocenters. The zero-order valence-electron chi connectivity index (χ0n) is 9.52. The van der Waals surface area contributed by atoms with E-state index >= 15 is 0 Å². The molecule has 0 unspecified atom stereocenters. The van der Waals surface area contributed by atoms with Crippen LogP contribution in [0.1, 0.15) is 37.4 Å². The monoisotopic (exact) mass is 216 g/mol. The number of nitrogens with zero attached hydrogens (tertiary/aromatic N) is 2. The van der Waals surface area contributed by atoms with E-state index in [0.29, 0.717) is 5.92 Å². The van der Waals surface area contributed by atoms with Crippen LogP contribution in [-0.2, 0) is 0 Å². The van der Waals surface area contributed by atoms with Crippen molar-refractivity contribution in [1.29, 1.82) is 0 Å². The molecule has 0 aliphatic heterocycles. The number of aromatic nitrogens is 2. The molecule has 2 heterocycles. The summed E-state index contributed by atoms with van der Waals surface area (Å²) in [5.41, 5.74) is 1.16. The van der Waals surface area contributed by atoms with Gasteiger partial charge < -0.3 is 4.74 Å². The number of pyridine rings is 1. The van der Waals surface area contributed by atoms with E-state index in [1.807, 2.05) is 18.5 Å². The summed E-state index contributed by atoms with van der Waals surface area (Å²) in [5.74, 6) is 2.73. The molecule has 1 aliphatic carbocycles. The van der Waals surface area contributed by atoms with E-state index in [2.05, 4.69) is 15.5 Å². The van der Waals surface area contributed by atoms with E-state index in [1.54, 1.807) is 7.11 Å². The van der Waals surface area contributed by atoms with Crippen molar-refractivity contribution in [3.8, 4) is 5.75 Å². The summed E-state index contributed by atoms with van der Waals surface area (Å²) < 4.78 is 7.44. The van der Waals surface area contributed by atoms with Gasteiger partial charge in [0.15, 0.2) is 0 Å². The highest BCUT2D eigenvalue weighted by Gasteiger charge is 2.21. The molecule has 0 saturated heterocycles. The van der Waals surface area contributed by atoms with Crippen LogP contribution in [0.2, 0.25) is 0 Å². The Hall–Kier alpha value is -1.51. The molecule has 16 heavy (non-hydrogen) atoms. The topological polar surface area (TPSA) is 26.5 Å². The smallest absolute Gasteiger partial charge is 0.135 e. The highest BCUT2D eigenvalue weighted by Crippen LogP contribution is 2.33. The second kappa shape index (κ2) is 3.81. The summed E-state index contributed by atoms with van der Waals surface area (Å²) in [6.07, 6.45) is 9.21. The van der Waals surface area contributed by atoms with Crippen LogP contribution in [0.3, 0.4) is 0 Å². The maximum absolute atomic E-state index is 5.26. The SMILES string of the molecule is COc1ccc2cnc(C3CCCC3)n2c1. The van der Waals surface area contributed by atoms with E-state index in [9.17, 15) is 0 Å². The van der Waals surface area contributed by atoms with Crippen molar-refractivity contribution < 1.29 is 4.74 Å². The highest BCUT2D eigenvalue weighted by atomic mass is 16.5. The Bertz CT molecular complexity index is 498. The summed E-state index contributed by atoms with van der Waals surface area (Å²) in [5, 5.41) is 0. The third kappa shape index (κ3) is 1.47. The van der Waals surface area contributed by atoms with Crippen LogP contribution in [0.4, 0.5) is 0 Å². The average molecular weight is 216 g/mol. The summed E-state index contributed by atoms with van der Waals surface area (Å²) >= 11 is 0. The summed E-state index contributed by atoms with van der Waals surface area (Å²) in [4.78, 5) is 4.56. The Morgan fingerprint density at radius 3 is 2.88 bits per heavy atom. The Morgan fingerprint density at radius 2 is 2.12 bits per heavy atom. The van der Waals surface area contributed by atoms with Crippen LogP contribution in [0.25, 0.3) is 5.52 Å². The molecule has 84 valence electrons. The Labute approximate surface area is 95.1 Å². The first-order valence-corrected chi connectivity index (χ1v) is 5.89. The lowest BCUT2D eigenvalue weighted by atomic mass is 10.1. The molecule has 0 N–H and O–H groups in total. The van der Waals surface area contributed by atoms with Crippen molar-refractivity contribution in [2.75, 3.05) is 7.11 Å². The van der Waals surface area contributed by atoms with Gasteiger partial charge in [-0.2, -0.15) is 0 Å². The average Bonchev–Trinajstić information content (AvgIpc) is 2.96. The van der Waals surface area contributed by atoms with Crippen LogP contribution in [0.15, 0.2) is 24.5 Å². The van der Waals surface area contributed by atoms with E-state index in [4.69, 9.17) is 4.74 Å². The summed E-state index contributed by atoms with van der Waals surface area (Å²) in [7, 11) is 1.70. The first-order valence-electron chi connectivity index (χ1n) is 5.89. The number of rotatable bonds is 2. The van der Waals surface area contributed by atoms with Crippen molar-refractivity contribution in [2.24, 2.45) is 0 Å². The van der Waals surface area contributed by atoms with Gasteiger partial charge in [0.05, 0.1) is 25.0 Å². The lowest BCUT2D eigenvalue weighted by molar-refractivity contribution is 0.412. The van der Waals surface area contributed by atoms with Crippen LogP contribution in [0.5, 0.6) is 5.75 Å². The highest BCUT2D eigenvalue weighted by molar-refractivity contribution is 5.48. The number of hydrogen-bond acceptors (Lipinski definition) is 2. The molecule has 0 bridgehead atoms. The molecule has 3 nitrogen and oxygen atoms in total. The van der Waals surface area contributed by atoms with Crippen LogP contribution < -0.4 is 4.74 Å². The largest absolute Gasteiger partial charge is 0.495 e. The van der Waals surface area contributed by atoms with Gasteiger partial charge in [-0.05, 0) is 25.0 Å². The first-order chi connectivity index (χ1) is 7.88. The van der Waals surface area contributed by atoms with Gasteiger partial charge in [0.25, 0.3) is 0 Å². The first kappa shape index (κ1) is 9.70. The van der Waals surface area contributed by atoms with Crippen molar-refractivity contribution in [3.63, 3.8) is 0 Å². The standard InChI is InChI=1S/C13H16N2O/c1-16-12-7-6-11-8-14-13(15(11)9-12)10-4-2-3-5-10/h6-10H,2-5H2,1H3. The minimum atomic E-state index is 0.634. The minimum absolute atomic E-state index is 0.634. The fourth-order valence-electron chi connectivity index (χ4n) is 2.60. The van der Waals surface area contributed by atoms with Crippen molar-refractivity contribution >= 4 is 5.52 Å². The van der Waals surface area contributed by atoms with Crippen molar-refractivity contribution in [3.05, 3.63) is 30.4 Å². The van der Waals surface area contributed by atoms with E-state index in [0.717, 1.165) is 11.3 Å². The Balaban J connectivity index is 2.09. The van der Waals surface area contributed by atoms with Gasteiger partial charge in [-0.3, -0.25) is 4.40 Å². The molecule has 3 heteroatoms. The summed E-state index contributed by atoms with van der Waals surface area (Å²) in [6.45, 7) is 0. The zero-order chi connectivity index (χ0) is 11.0. The number of fused-ring (bicyclic) bond motifs is 1. The zero-order valence-corrected chi connectivity index (χ0v) is 9.52. The fraction of sp³-hybridized carbons (Fsp3) is 0.462. The molecule has 3 rings (SSSR count). The third-order valence-electron chi connectivity index (χ3n) is 3.48. The van der Waals surface area contributed by atoms with Gasteiger partial charge in [0.2, 0.25) is 0 Å². The van der Waals surface area contributed by atoms with Gasteiger partial charge >= 0.3 is 0 Å².